The van der Waals surface area contributed by atoms with E-state index in [-0.39, 0.29) is 0 Å². The summed E-state index contributed by atoms with van der Waals surface area (Å²) in [5, 5.41) is 3.14. The fourth-order valence-corrected chi connectivity index (χ4v) is 2.30. The maximum Gasteiger partial charge on any atom is 0.128 e. The number of anilines is 1. The predicted molar refractivity (Wildman–Crippen MR) is 67.6 cm³/mol. The quantitative estimate of drug-likeness (QED) is 0.840. The third kappa shape index (κ3) is 2.53. The molecule has 2 rings (SSSR count). The van der Waals surface area contributed by atoms with Gasteiger partial charge in [-0.15, -0.1) is 0 Å². The van der Waals surface area contributed by atoms with Crippen molar-refractivity contribution in [1.82, 2.24) is 10.3 Å². The largest absolute Gasteiger partial charge is 0.356 e. The molecule has 1 saturated heterocycles. The van der Waals surface area contributed by atoms with Gasteiger partial charge in [-0.05, 0) is 31.5 Å². The van der Waals surface area contributed by atoms with E-state index in [9.17, 15) is 0 Å². The Kier molecular flexibility index (Phi) is 3.78. The van der Waals surface area contributed by atoms with E-state index in [0.717, 1.165) is 30.5 Å². The molecule has 0 bridgehead atoms. The van der Waals surface area contributed by atoms with Crippen LogP contribution in [0.5, 0.6) is 0 Å². The average molecular weight is 219 g/mol. The second-order valence-electron chi connectivity index (χ2n) is 4.53. The summed E-state index contributed by atoms with van der Waals surface area (Å²) in [5.74, 6) is 2.00. The molecule has 1 aromatic rings. The van der Waals surface area contributed by atoms with Crippen molar-refractivity contribution in [2.45, 2.75) is 26.3 Å². The highest BCUT2D eigenvalue weighted by Gasteiger charge is 2.21. The van der Waals surface area contributed by atoms with Crippen molar-refractivity contribution in [3.63, 3.8) is 0 Å². The maximum absolute atomic E-state index is 4.68. The molecule has 1 fully saturated rings. The zero-order valence-corrected chi connectivity index (χ0v) is 10.2. The molecule has 88 valence electrons. The van der Waals surface area contributed by atoms with E-state index < -0.39 is 0 Å². The van der Waals surface area contributed by atoms with E-state index in [1.165, 1.54) is 19.4 Å². The van der Waals surface area contributed by atoms with Crippen LogP contribution in [0.1, 0.15) is 25.5 Å². The summed E-state index contributed by atoms with van der Waals surface area (Å²) < 4.78 is 0. The molecule has 1 aromatic heterocycles. The topological polar surface area (TPSA) is 28.2 Å². The monoisotopic (exact) mass is 219 g/mol. The van der Waals surface area contributed by atoms with Gasteiger partial charge in [0.2, 0.25) is 0 Å². The fourth-order valence-electron chi connectivity index (χ4n) is 2.30. The van der Waals surface area contributed by atoms with Gasteiger partial charge in [-0.25, -0.2) is 4.98 Å². The minimum Gasteiger partial charge on any atom is -0.356 e. The predicted octanol–water partition coefficient (Wildman–Crippen LogP) is 2.04. The Balaban J connectivity index is 2.06. The molecule has 16 heavy (non-hydrogen) atoms. The number of hydrogen-bond acceptors (Lipinski definition) is 3. The first-order chi connectivity index (χ1) is 7.83. The van der Waals surface area contributed by atoms with Crippen LogP contribution in [0.2, 0.25) is 0 Å². The SMILES string of the molecule is CCC1CCN(c2cccc(CNC)n2)C1. The highest BCUT2D eigenvalue weighted by atomic mass is 15.2. The number of pyridine rings is 1. The average Bonchev–Trinajstić information content (AvgIpc) is 2.78. The zero-order chi connectivity index (χ0) is 11.4. The van der Waals surface area contributed by atoms with Gasteiger partial charge in [0.05, 0.1) is 5.69 Å². The summed E-state index contributed by atoms with van der Waals surface area (Å²) in [6.07, 6.45) is 2.60. The van der Waals surface area contributed by atoms with Gasteiger partial charge in [-0.2, -0.15) is 0 Å². The van der Waals surface area contributed by atoms with Gasteiger partial charge in [-0.3, -0.25) is 0 Å². The summed E-state index contributed by atoms with van der Waals surface area (Å²) in [5.41, 5.74) is 1.12. The van der Waals surface area contributed by atoms with Crippen LogP contribution in [0, 0.1) is 5.92 Å². The second-order valence-corrected chi connectivity index (χ2v) is 4.53. The molecule has 0 spiro atoms. The zero-order valence-electron chi connectivity index (χ0n) is 10.2. The number of rotatable bonds is 4. The number of nitrogens with zero attached hydrogens (tertiary/aromatic N) is 2. The van der Waals surface area contributed by atoms with Crippen molar-refractivity contribution < 1.29 is 0 Å². The van der Waals surface area contributed by atoms with Gasteiger partial charge < -0.3 is 10.2 Å². The molecular formula is C13H21N3. The van der Waals surface area contributed by atoms with Crippen LogP contribution in [0.4, 0.5) is 5.82 Å². The summed E-state index contributed by atoms with van der Waals surface area (Å²) in [4.78, 5) is 7.09. The molecule has 0 amide bonds. The van der Waals surface area contributed by atoms with E-state index in [0.29, 0.717) is 0 Å². The van der Waals surface area contributed by atoms with Crippen molar-refractivity contribution in [1.29, 1.82) is 0 Å². The standard InChI is InChI=1S/C13H21N3/c1-3-11-7-8-16(10-11)13-6-4-5-12(15-13)9-14-2/h4-6,11,14H,3,7-10H2,1-2H3. The molecule has 0 aromatic carbocycles. The van der Waals surface area contributed by atoms with E-state index in [2.05, 4.69) is 40.3 Å². The highest BCUT2D eigenvalue weighted by molar-refractivity contribution is 5.40. The lowest BCUT2D eigenvalue weighted by Crippen LogP contribution is -2.21. The molecule has 0 radical (unpaired) electrons. The van der Waals surface area contributed by atoms with Crippen molar-refractivity contribution in [2.75, 3.05) is 25.0 Å². The van der Waals surface area contributed by atoms with Crippen LogP contribution in [-0.2, 0) is 6.54 Å². The van der Waals surface area contributed by atoms with Crippen LogP contribution < -0.4 is 10.2 Å². The molecular weight excluding hydrogens is 198 g/mol. The Hall–Kier alpha value is -1.09. The summed E-state index contributed by atoms with van der Waals surface area (Å²) in [6, 6.07) is 6.30. The molecule has 1 atom stereocenters. The van der Waals surface area contributed by atoms with Crippen molar-refractivity contribution in [2.24, 2.45) is 5.92 Å². The summed E-state index contributed by atoms with van der Waals surface area (Å²) >= 11 is 0. The van der Waals surface area contributed by atoms with Gasteiger partial charge in [0.25, 0.3) is 0 Å². The van der Waals surface area contributed by atoms with Crippen LogP contribution >= 0.6 is 0 Å². The van der Waals surface area contributed by atoms with Crippen LogP contribution in [0.3, 0.4) is 0 Å². The smallest absolute Gasteiger partial charge is 0.128 e. The first-order valence-electron chi connectivity index (χ1n) is 6.19. The lowest BCUT2D eigenvalue weighted by atomic mass is 10.1. The minimum atomic E-state index is 0.846. The van der Waals surface area contributed by atoms with E-state index in [4.69, 9.17) is 0 Å². The van der Waals surface area contributed by atoms with Crippen LogP contribution in [0.15, 0.2) is 18.2 Å². The van der Waals surface area contributed by atoms with Gasteiger partial charge in [-0.1, -0.05) is 19.4 Å². The number of aromatic nitrogens is 1. The van der Waals surface area contributed by atoms with Gasteiger partial charge in [0, 0.05) is 19.6 Å². The molecule has 2 heterocycles. The van der Waals surface area contributed by atoms with E-state index in [1.54, 1.807) is 0 Å². The molecule has 1 aliphatic heterocycles. The molecule has 3 nitrogen and oxygen atoms in total. The molecule has 1 aliphatic rings. The third-order valence-electron chi connectivity index (χ3n) is 3.34. The summed E-state index contributed by atoms with van der Waals surface area (Å²) in [7, 11) is 1.96. The van der Waals surface area contributed by atoms with Gasteiger partial charge in [0.1, 0.15) is 5.82 Å². The third-order valence-corrected chi connectivity index (χ3v) is 3.34. The van der Waals surface area contributed by atoms with Gasteiger partial charge >= 0.3 is 0 Å². The fraction of sp³-hybridized carbons (Fsp3) is 0.615. The lowest BCUT2D eigenvalue weighted by Gasteiger charge is -2.18. The normalized spacial score (nSPS) is 20.4. The number of hydrogen-bond donors (Lipinski definition) is 1. The second kappa shape index (κ2) is 5.30. The molecule has 0 saturated carbocycles. The Bertz CT molecular complexity index is 338. The summed E-state index contributed by atoms with van der Waals surface area (Å²) in [6.45, 7) is 5.46. The Labute approximate surface area is 97.9 Å². The molecule has 1 unspecified atom stereocenters. The highest BCUT2D eigenvalue weighted by Crippen LogP contribution is 2.23. The van der Waals surface area contributed by atoms with E-state index in [1.807, 2.05) is 7.05 Å². The first-order valence-corrected chi connectivity index (χ1v) is 6.19. The Morgan fingerprint density at radius 3 is 3.06 bits per heavy atom. The lowest BCUT2D eigenvalue weighted by molar-refractivity contribution is 0.568. The van der Waals surface area contributed by atoms with Gasteiger partial charge in [0.15, 0.2) is 0 Å². The maximum atomic E-state index is 4.68. The van der Waals surface area contributed by atoms with Crippen molar-refractivity contribution in [3.8, 4) is 0 Å². The Morgan fingerprint density at radius 2 is 2.38 bits per heavy atom. The number of nitrogens with one attached hydrogen (secondary N) is 1. The van der Waals surface area contributed by atoms with Crippen LogP contribution in [0.25, 0.3) is 0 Å². The van der Waals surface area contributed by atoms with Crippen LogP contribution in [-0.4, -0.2) is 25.1 Å². The Morgan fingerprint density at radius 1 is 1.50 bits per heavy atom. The van der Waals surface area contributed by atoms with E-state index >= 15 is 0 Å². The molecule has 1 N–H and O–H groups in total. The minimum absolute atomic E-state index is 0.846. The molecule has 3 heteroatoms. The molecule has 0 aliphatic carbocycles. The van der Waals surface area contributed by atoms with Crippen molar-refractivity contribution >= 4 is 5.82 Å². The van der Waals surface area contributed by atoms with Crippen molar-refractivity contribution in [3.05, 3.63) is 23.9 Å². The first kappa shape index (κ1) is 11.4.